The summed E-state index contributed by atoms with van der Waals surface area (Å²) in [6, 6.07) is 5.07. The fourth-order valence-corrected chi connectivity index (χ4v) is 1.83. The summed E-state index contributed by atoms with van der Waals surface area (Å²) in [5.41, 5.74) is 1.66. The Hall–Kier alpha value is -1.62. The van der Waals surface area contributed by atoms with Crippen molar-refractivity contribution < 1.29 is 10.0 Å². The van der Waals surface area contributed by atoms with E-state index < -0.39 is 0 Å². The average molecular weight is 252 g/mol. The molecule has 0 saturated carbocycles. The number of nitro groups is 1. The van der Waals surface area contributed by atoms with E-state index in [1.807, 2.05) is 6.07 Å². The van der Waals surface area contributed by atoms with E-state index in [9.17, 15) is 10.1 Å². The lowest BCUT2D eigenvalue weighted by atomic mass is 10.1. The molecule has 0 bridgehead atoms. The van der Waals surface area contributed by atoms with Crippen LogP contribution in [0.2, 0.25) is 0 Å². The van der Waals surface area contributed by atoms with Gasteiger partial charge in [0.1, 0.15) is 0 Å². The molecule has 1 rings (SSSR count). The van der Waals surface area contributed by atoms with Crippen molar-refractivity contribution in [2.24, 2.45) is 0 Å². The van der Waals surface area contributed by atoms with Crippen molar-refractivity contribution in [3.05, 3.63) is 33.9 Å². The van der Waals surface area contributed by atoms with Gasteiger partial charge in [-0.15, -0.1) is 0 Å². The first-order chi connectivity index (χ1) is 8.66. The molecule has 0 heterocycles. The minimum Gasteiger partial charge on any atom is -0.396 e. The molecule has 0 fully saturated rings. The number of nitrogens with one attached hydrogen (secondary N) is 1. The number of nitrogens with zero attached hydrogens (tertiary/aromatic N) is 1. The fourth-order valence-electron chi connectivity index (χ4n) is 1.83. The van der Waals surface area contributed by atoms with E-state index >= 15 is 0 Å². The summed E-state index contributed by atoms with van der Waals surface area (Å²) in [4.78, 5) is 10.4. The molecule has 1 aromatic carbocycles. The molecule has 0 aliphatic rings. The van der Waals surface area contributed by atoms with Gasteiger partial charge in [-0.25, -0.2) is 0 Å². The van der Waals surface area contributed by atoms with Gasteiger partial charge in [0.15, 0.2) is 0 Å². The van der Waals surface area contributed by atoms with Crippen LogP contribution < -0.4 is 5.32 Å². The van der Waals surface area contributed by atoms with E-state index in [0.717, 1.165) is 37.9 Å². The van der Waals surface area contributed by atoms with Gasteiger partial charge in [0.25, 0.3) is 5.69 Å². The second kappa shape index (κ2) is 7.66. The van der Waals surface area contributed by atoms with Gasteiger partial charge >= 0.3 is 0 Å². The molecule has 1 aromatic rings. The molecule has 0 saturated heterocycles. The van der Waals surface area contributed by atoms with Crippen LogP contribution in [0.25, 0.3) is 0 Å². The van der Waals surface area contributed by atoms with E-state index in [0.29, 0.717) is 5.56 Å². The van der Waals surface area contributed by atoms with Crippen molar-refractivity contribution in [3.8, 4) is 0 Å². The van der Waals surface area contributed by atoms with Crippen LogP contribution in [0.4, 0.5) is 11.4 Å². The molecular formula is C13H20N2O3. The summed E-state index contributed by atoms with van der Waals surface area (Å²) < 4.78 is 0. The van der Waals surface area contributed by atoms with Crippen molar-refractivity contribution in [1.29, 1.82) is 0 Å². The van der Waals surface area contributed by atoms with Gasteiger partial charge < -0.3 is 10.4 Å². The van der Waals surface area contributed by atoms with Crippen molar-refractivity contribution in [2.45, 2.75) is 32.6 Å². The topological polar surface area (TPSA) is 75.4 Å². The normalized spacial score (nSPS) is 10.3. The predicted molar refractivity (Wildman–Crippen MR) is 71.9 cm³/mol. The Kier molecular flexibility index (Phi) is 6.14. The molecule has 5 nitrogen and oxygen atoms in total. The zero-order valence-corrected chi connectivity index (χ0v) is 10.7. The van der Waals surface area contributed by atoms with E-state index in [1.165, 1.54) is 6.07 Å². The Morgan fingerprint density at radius 3 is 2.67 bits per heavy atom. The summed E-state index contributed by atoms with van der Waals surface area (Å²) in [6.45, 7) is 2.80. The lowest BCUT2D eigenvalue weighted by Crippen LogP contribution is -2.04. The van der Waals surface area contributed by atoms with Gasteiger partial charge in [0, 0.05) is 30.5 Å². The van der Waals surface area contributed by atoms with E-state index in [2.05, 4.69) is 5.32 Å². The lowest BCUT2D eigenvalue weighted by Gasteiger charge is -2.09. The molecule has 18 heavy (non-hydrogen) atoms. The van der Waals surface area contributed by atoms with Crippen LogP contribution in [-0.4, -0.2) is 23.2 Å². The van der Waals surface area contributed by atoms with Gasteiger partial charge in [-0.05, 0) is 25.8 Å². The average Bonchev–Trinajstić information content (AvgIpc) is 2.35. The number of hydrogen-bond donors (Lipinski definition) is 2. The zero-order valence-electron chi connectivity index (χ0n) is 10.7. The van der Waals surface area contributed by atoms with Gasteiger partial charge in [0.05, 0.1) is 4.92 Å². The summed E-state index contributed by atoms with van der Waals surface area (Å²) in [5.74, 6) is 0. The number of aliphatic hydroxyl groups excluding tert-OH is 1. The number of nitro benzene ring substituents is 1. The first-order valence-corrected chi connectivity index (χ1v) is 6.25. The maximum Gasteiger partial charge on any atom is 0.274 e. The first-order valence-electron chi connectivity index (χ1n) is 6.25. The Morgan fingerprint density at radius 2 is 2.00 bits per heavy atom. The van der Waals surface area contributed by atoms with E-state index in [1.54, 1.807) is 13.0 Å². The van der Waals surface area contributed by atoms with Crippen LogP contribution in [0, 0.1) is 17.0 Å². The highest BCUT2D eigenvalue weighted by molar-refractivity contribution is 5.59. The third-order valence-electron chi connectivity index (χ3n) is 2.90. The number of unbranched alkanes of at least 4 members (excludes halogenated alkanes) is 3. The third-order valence-corrected chi connectivity index (χ3v) is 2.90. The lowest BCUT2D eigenvalue weighted by molar-refractivity contribution is -0.385. The van der Waals surface area contributed by atoms with Crippen LogP contribution in [0.1, 0.15) is 31.2 Å². The van der Waals surface area contributed by atoms with Gasteiger partial charge in [-0.3, -0.25) is 10.1 Å². The molecule has 0 amide bonds. The van der Waals surface area contributed by atoms with Crippen molar-refractivity contribution in [1.82, 2.24) is 0 Å². The van der Waals surface area contributed by atoms with Crippen LogP contribution in [0.5, 0.6) is 0 Å². The maximum absolute atomic E-state index is 10.8. The Morgan fingerprint density at radius 1 is 1.28 bits per heavy atom. The van der Waals surface area contributed by atoms with Crippen LogP contribution >= 0.6 is 0 Å². The largest absolute Gasteiger partial charge is 0.396 e. The monoisotopic (exact) mass is 252 g/mol. The molecule has 0 aliphatic carbocycles. The molecule has 0 aliphatic heterocycles. The maximum atomic E-state index is 10.8. The van der Waals surface area contributed by atoms with Gasteiger partial charge in [-0.1, -0.05) is 18.9 Å². The Bertz CT molecular complexity index is 394. The molecule has 0 unspecified atom stereocenters. The van der Waals surface area contributed by atoms with Crippen LogP contribution in [-0.2, 0) is 0 Å². The quantitative estimate of drug-likeness (QED) is 0.424. The van der Waals surface area contributed by atoms with Gasteiger partial charge in [0.2, 0.25) is 0 Å². The Labute approximate surface area is 107 Å². The highest BCUT2D eigenvalue weighted by Crippen LogP contribution is 2.24. The number of benzene rings is 1. The zero-order chi connectivity index (χ0) is 13.4. The van der Waals surface area contributed by atoms with Crippen LogP contribution in [0.15, 0.2) is 18.2 Å². The van der Waals surface area contributed by atoms with Crippen LogP contribution in [0.3, 0.4) is 0 Å². The molecule has 0 aromatic heterocycles. The highest BCUT2D eigenvalue weighted by Gasteiger charge is 2.12. The smallest absolute Gasteiger partial charge is 0.274 e. The summed E-state index contributed by atoms with van der Waals surface area (Å²) in [5, 5.41) is 22.6. The first kappa shape index (κ1) is 14.4. The molecule has 0 radical (unpaired) electrons. The van der Waals surface area contributed by atoms with E-state index in [-0.39, 0.29) is 17.2 Å². The SMILES string of the molecule is Cc1c(NCCCCCCO)cccc1[N+](=O)[O-]. The number of aliphatic hydroxyl groups is 1. The minimum atomic E-state index is -0.359. The summed E-state index contributed by atoms with van der Waals surface area (Å²) >= 11 is 0. The number of rotatable bonds is 8. The molecular weight excluding hydrogens is 232 g/mol. The molecule has 0 spiro atoms. The highest BCUT2D eigenvalue weighted by atomic mass is 16.6. The molecule has 100 valence electrons. The van der Waals surface area contributed by atoms with Gasteiger partial charge in [-0.2, -0.15) is 0 Å². The van der Waals surface area contributed by atoms with Crippen molar-refractivity contribution in [2.75, 3.05) is 18.5 Å². The predicted octanol–water partition coefficient (Wildman–Crippen LogP) is 2.87. The molecule has 2 N–H and O–H groups in total. The Balaban J connectivity index is 2.43. The summed E-state index contributed by atoms with van der Waals surface area (Å²) in [7, 11) is 0. The standard InChI is InChI=1S/C13H20N2O3/c1-11-12(7-6-8-13(11)15(17)18)14-9-4-2-3-5-10-16/h6-8,14,16H,2-5,9-10H2,1H3. The fraction of sp³-hybridized carbons (Fsp3) is 0.538. The third kappa shape index (κ3) is 4.33. The van der Waals surface area contributed by atoms with E-state index in [4.69, 9.17) is 5.11 Å². The van der Waals surface area contributed by atoms with Crippen molar-refractivity contribution >= 4 is 11.4 Å². The molecule has 5 heteroatoms. The second-order valence-electron chi connectivity index (χ2n) is 4.27. The number of hydrogen-bond acceptors (Lipinski definition) is 4. The minimum absolute atomic E-state index is 0.153. The molecule has 0 atom stereocenters. The second-order valence-corrected chi connectivity index (χ2v) is 4.27. The van der Waals surface area contributed by atoms with Crippen molar-refractivity contribution in [3.63, 3.8) is 0 Å². The number of anilines is 1. The summed E-state index contributed by atoms with van der Waals surface area (Å²) in [6.07, 6.45) is 3.92.